The van der Waals surface area contributed by atoms with E-state index in [0.717, 1.165) is 18.5 Å². The van der Waals surface area contributed by atoms with Gasteiger partial charge in [-0.05, 0) is 31.5 Å². The molecule has 0 aliphatic carbocycles. The number of aromatic nitrogens is 2. The Morgan fingerprint density at radius 1 is 1.14 bits per heavy atom. The Balaban J connectivity index is 1.88. The molecular formula is C15H19N3O3. The van der Waals surface area contributed by atoms with E-state index in [4.69, 9.17) is 14.0 Å². The van der Waals surface area contributed by atoms with Crippen LogP contribution in [0.1, 0.15) is 31.1 Å². The van der Waals surface area contributed by atoms with Crippen LogP contribution in [0.25, 0.3) is 11.5 Å². The third-order valence-electron chi connectivity index (χ3n) is 3.66. The van der Waals surface area contributed by atoms with Crippen LogP contribution < -0.4 is 14.8 Å². The van der Waals surface area contributed by atoms with Crippen molar-refractivity contribution in [3.05, 3.63) is 24.0 Å². The van der Waals surface area contributed by atoms with Crippen molar-refractivity contribution in [1.82, 2.24) is 15.5 Å². The van der Waals surface area contributed by atoms with Gasteiger partial charge in [-0.2, -0.15) is 4.98 Å². The fraction of sp³-hybridized carbons (Fsp3) is 0.467. The topological polar surface area (TPSA) is 69.4 Å². The first-order valence-electron chi connectivity index (χ1n) is 7.10. The summed E-state index contributed by atoms with van der Waals surface area (Å²) in [4.78, 5) is 4.50. The van der Waals surface area contributed by atoms with Crippen LogP contribution in [-0.2, 0) is 0 Å². The van der Waals surface area contributed by atoms with Crippen LogP contribution in [-0.4, -0.2) is 30.9 Å². The highest BCUT2D eigenvalue weighted by molar-refractivity contribution is 5.59. The summed E-state index contributed by atoms with van der Waals surface area (Å²) >= 11 is 0. The number of nitrogens with one attached hydrogen (secondary N) is 1. The molecule has 0 amide bonds. The van der Waals surface area contributed by atoms with E-state index in [1.54, 1.807) is 14.2 Å². The van der Waals surface area contributed by atoms with Gasteiger partial charge in [0.05, 0.1) is 20.3 Å². The summed E-state index contributed by atoms with van der Waals surface area (Å²) in [6.07, 6.45) is 3.43. The van der Waals surface area contributed by atoms with Crippen molar-refractivity contribution < 1.29 is 14.0 Å². The van der Waals surface area contributed by atoms with Gasteiger partial charge in [-0.15, -0.1) is 0 Å². The largest absolute Gasteiger partial charge is 0.497 e. The highest BCUT2D eigenvalue weighted by atomic mass is 16.5. The maximum absolute atomic E-state index is 5.39. The Kier molecular flexibility index (Phi) is 4.06. The van der Waals surface area contributed by atoms with E-state index in [1.165, 1.54) is 12.8 Å². The number of piperidine rings is 1. The second kappa shape index (κ2) is 6.13. The zero-order valence-electron chi connectivity index (χ0n) is 12.3. The highest BCUT2D eigenvalue weighted by Crippen LogP contribution is 2.30. The predicted molar refractivity (Wildman–Crippen MR) is 77.4 cm³/mol. The van der Waals surface area contributed by atoms with Crippen molar-refractivity contribution >= 4 is 0 Å². The minimum Gasteiger partial charge on any atom is -0.497 e. The van der Waals surface area contributed by atoms with Gasteiger partial charge < -0.3 is 19.3 Å². The fourth-order valence-corrected chi connectivity index (χ4v) is 2.50. The Morgan fingerprint density at radius 2 is 1.90 bits per heavy atom. The van der Waals surface area contributed by atoms with Crippen molar-refractivity contribution in [2.75, 3.05) is 20.8 Å². The molecule has 0 radical (unpaired) electrons. The quantitative estimate of drug-likeness (QED) is 0.933. The molecule has 1 saturated heterocycles. The minimum absolute atomic E-state index is 0.184. The highest BCUT2D eigenvalue weighted by Gasteiger charge is 2.21. The molecular weight excluding hydrogens is 270 g/mol. The SMILES string of the molecule is COc1cc(OC)cc(-c2nc(C3CCCCN3)no2)c1. The molecule has 0 spiro atoms. The van der Waals surface area contributed by atoms with E-state index in [1.807, 2.05) is 18.2 Å². The summed E-state index contributed by atoms with van der Waals surface area (Å²) in [6, 6.07) is 5.70. The van der Waals surface area contributed by atoms with Crippen molar-refractivity contribution in [2.45, 2.75) is 25.3 Å². The van der Waals surface area contributed by atoms with E-state index in [9.17, 15) is 0 Å². The molecule has 1 fully saturated rings. The molecule has 6 nitrogen and oxygen atoms in total. The van der Waals surface area contributed by atoms with E-state index < -0.39 is 0 Å². The molecule has 1 unspecified atom stereocenters. The average Bonchev–Trinajstić information content (AvgIpc) is 3.05. The number of nitrogens with zero attached hydrogens (tertiary/aromatic N) is 2. The number of hydrogen-bond donors (Lipinski definition) is 1. The van der Waals surface area contributed by atoms with Gasteiger partial charge in [-0.25, -0.2) is 0 Å². The van der Waals surface area contributed by atoms with E-state index in [2.05, 4.69) is 15.5 Å². The van der Waals surface area contributed by atoms with Crippen LogP contribution in [0.2, 0.25) is 0 Å². The van der Waals surface area contributed by atoms with E-state index in [-0.39, 0.29) is 6.04 Å². The van der Waals surface area contributed by atoms with Gasteiger partial charge in [0, 0.05) is 11.6 Å². The Labute approximate surface area is 123 Å². The number of rotatable bonds is 4. The summed E-state index contributed by atoms with van der Waals surface area (Å²) < 4.78 is 15.9. The zero-order valence-corrected chi connectivity index (χ0v) is 12.3. The molecule has 2 heterocycles. The van der Waals surface area contributed by atoms with Crippen molar-refractivity contribution in [3.63, 3.8) is 0 Å². The third kappa shape index (κ3) is 3.00. The summed E-state index contributed by atoms with van der Waals surface area (Å²) in [5.41, 5.74) is 0.792. The Morgan fingerprint density at radius 3 is 2.52 bits per heavy atom. The molecule has 1 N–H and O–H groups in total. The molecule has 1 atom stereocenters. The second-order valence-corrected chi connectivity index (χ2v) is 5.06. The summed E-state index contributed by atoms with van der Waals surface area (Å²) in [5.74, 6) is 2.58. The molecule has 1 aromatic carbocycles. The molecule has 3 rings (SSSR count). The molecule has 21 heavy (non-hydrogen) atoms. The Hall–Kier alpha value is -2.08. The molecule has 0 bridgehead atoms. The van der Waals surface area contributed by atoms with Crippen LogP contribution in [0.4, 0.5) is 0 Å². The van der Waals surface area contributed by atoms with Gasteiger partial charge in [0.25, 0.3) is 5.89 Å². The number of hydrogen-bond acceptors (Lipinski definition) is 6. The van der Waals surface area contributed by atoms with E-state index in [0.29, 0.717) is 23.2 Å². The number of ether oxygens (including phenoxy) is 2. The maximum Gasteiger partial charge on any atom is 0.258 e. The van der Waals surface area contributed by atoms with Crippen molar-refractivity contribution in [3.8, 4) is 23.0 Å². The van der Waals surface area contributed by atoms with Gasteiger partial charge in [0.1, 0.15) is 11.5 Å². The van der Waals surface area contributed by atoms with Crippen LogP contribution in [0, 0.1) is 0 Å². The molecule has 1 aliphatic rings. The van der Waals surface area contributed by atoms with Crippen molar-refractivity contribution in [1.29, 1.82) is 0 Å². The first-order valence-corrected chi connectivity index (χ1v) is 7.10. The van der Waals surface area contributed by atoms with Crippen LogP contribution >= 0.6 is 0 Å². The second-order valence-electron chi connectivity index (χ2n) is 5.06. The summed E-state index contributed by atoms with van der Waals surface area (Å²) in [5, 5.41) is 7.51. The lowest BCUT2D eigenvalue weighted by molar-refractivity contribution is 0.366. The zero-order chi connectivity index (χ0) is 14.7. The maximum atomic E-state index is 5.39. The lowest BCUT2D eigenvalue weighted by Gasteiger charge is -2.19. The summed E-state index contributed by atoms with van der Waals surface area (Å²) in [6.45, 7) is 1.00. The van der Waals surface area contributed by atoms with Crippen molar-refractivity contribution in [2.24, 2.45) is 0 Å². The molecule has 112 valence electrons. The lowest BCUT2D eigenvalue weighted by atomic mass is 10.0. The van der Waals surface area contributed by atoms with Crippen LogP contribution in [0.3, 0.4) is 0 Å². The van der Waals surface area contributed by atoms with Gasteiger partial charge in [0.2, 0.25) is 0 Å². The number of methoxy groups -OCH3 is 2. The lowest BCUT2D eigenvalue weighted by Crippen LogP contribution is -2.27. The average molecular weight is 289 g/mol. The number of benzene rings is 1. The smallest absolute Gasteiger partial charge is 0.258 e. The monoisotopic (exact) mass is 289 g/mol. The predicted octanol–water partition coefficient (Wildman–Crippen LogP) is 2.57. The van der Waals surface area contributed by atoms with Gasteiger partial charge in [0.15, 0.2) is 5.82 Å². The van der Waals surface area contributed by atoms with Crippen LogP contribution in [0.5, 0.6) is 11.5 Å². The third-order valence-corrected chi connectivity index (χ3v) is 3.66. The van der Waals surface area contributed by atoms with E-state index >= 15 is 0 Å². The first kappa shape index (κ1) is 13.9. The normalized spacial score (nSPS) is 18.5. The molecule has 1 aromatic heterocycles. The molecule has 1 aliphatic heterocycles. The first-order chi connectivity index (χ1) is 10.3. The molecule has 2 aromatic rings. The Bertz CT molecular complexity index is 584. The van der Waals surface area contributed by atoms with Gasteiger partial charge in [-0.1, -0.05) is 11.6 Å². The molecule has 6 heteroatoms. The van der Waals surface area contributed by atoms with Crippen LogP contribution in [0.15, 0.2) is 22.7 Å². The van der Waals surface area contributed by atoms with Gasteiger partial charge >= 0.3 is 0 Å². The summed E-state index contributed by atoms with van der Waals surface area (Å²) in [7, 11) is 3.23. The minimum atomic E-state index is 0.184. The molecule has 0 saturated carbocycles. The van der Waals surface area contributed by atoms with Gasteiger partial charge in [-0.3, -0.25) is 0 Å². The standard InChI is InChI=1S/C15H19N3O3/c1-19-11-7-10(8-12(9-11)20-2)15-17-14(18-21-15)13-5-3-4-6-16-13/h7-9,13,16H,3-6H2,1-2H3. The fourth-order valence-electron chi connectivity index (χ4n) is 2.50.